The summed E-state index contributed by atoms with van der Waals surface area (Å²) in [5, 5.41) is 10.4. The molecule has 0 aliphatic rings. The molecule has 7 nitrogen and oxygen atoms in total. The molecule has 0 atom stereocenters. The molecule has 0 aromatic carbocycles. The normalized spacial score (nSPS) is 10.0. The molecule has 1 rings (SSSR count). The average Bonchev–Trinajstić information content (AvgIpc) is 2.48. The second-order valence-electron chi connectivity index (χ2n) is 2.84. The van der Waals surface area contributed by atoms with E-state index in [-0.39, 0.29) is 19.0 Å². The molecule has 0 N–H and O–H groups in total. The summed E-state index contributed by atoms with van der Waals surface area (Å²) in [6, 6.07) is 0. The van der Waals surface area contributed by atoms with E-state index < -0.39 is 10.9 Å². The molecule has 0 unspecified atom stereocenters. The third kappa shape index (κ3) is 2.76. The van der Waals surface area contributed by atoms with Crippen molar-refractivity contribution in [2.24, 2.45) is 0 Å². The summed E-state index contributed by atoms with van der Waals surface area (Å²) in [5.41, 5.74) is 0. The average molecular weight is 213 g/mol. The Morgan fingerprint density at radius 3 is 2.87 bits per heavy atom. The van der Waals surface area contributed by atoms with Gasteiger partial charge in [0.1, 0.15) is 12.7 Å². The number of aryl methyl sites for hydroxylation is 1. The van der Waals surface area contributed by atoms with E-state index in [1.807, 2.05) is 0 Å². The quantitative estimate of drug-likeness (QED) is 0.416. The molecular formula is C8H11N3O4. The number of carbonyl (C=O) groups is 1. The molecule has 0 saturated heterocycles. The van der Waals surface area contributed by atoms with Crippen LogP contribution in [0, 0.1) is 17.0 Å². The largest absolute Gasteiger partial charge is 0.465 e. The van der Waals surface area contributed by atoms with Crippen LogP contribution in [0.3, 0.4) is 0 Å². The summed E-state index contributed by atoms with van der Waals surface area (Å²) in [6.45, 7) is 3.52. The van der Waals surface area contributed by atoms with E-state index in [2.05, 4.69) is 4.98 Å². The van der Waals surface area contributed by atoms with E-state index >= 15 is 0 Å². The van der Waals surface area contributed by atoms with Crippen molar-refractivity contribution in [3.8, 4) is 0 Å². The maximum Gasteiger partial charge on any atom is 0.381 e. The zero-order valence-electron chi connectivity index (χ0n) is 8.47. The third-order valence-corrected chi connectivity index (χ3v) is 1.76. The monoisotopic (exact) mass is 213 g/mol. The lowest BCUT2D eigenvalue weighted by molar-refractivity contribution is -0.389. The fourth-order valence-corrected chi connectivity index (χ4v) is 1.09. The van der Waals surface area contributed by atoms with Crippen molar-refractivity contribution in [2.75, 3.05) is 6.61 Å². The van der Waals surface area contributed by atoms with Crippen molar-refractivity contribution in [1.82, 2.24) is 9.55 Å². The maximum atomic E-state index is 11.1. The molecule has 0 aliphatic carbocycles. The van der Waals surface area contributed by atoms with Crippen molar-refractivity contribution >= 4 is 11.8 Å². The van der Waals surface area contributed by atoms with Gasteiger partial charge in [-0.2, -0.15) is 0 Å². The van der Waals surface area contributed by atoms with Crippen LogP contribution in [0.1, 0.15) is 12.7 Å². The molecule has 0 spiro atoms. The van der Waals surface area contributed by atoms with Crippen LogP contribution in [0.5, 0.6) is 0 Å². The van der Waals surface area contributed by atoms with Crippen LogP contribution in [0.25, 0.3) is 0 Å². The third-order valence-electron chi connectivity index (χ3n) is 1.76. The van der Waals surface area contributed by atoms with Gasteiger partial charge in [0.05, 0.1) is 6.61 Å². The van der Waals surface area contributed by atoms with Gasteiger partial charge in [-0.05, 0) is 16.8 Å². The minimum atomic E-state index is -0.603. The molecular weight excluding hydrogens is 202 g/mol. The summed E-state index contributed by atoms with van der Waals surface area (Å²) < 4.78 is 6.10. The van der Waals surface area contributed by atoms with Crippen molar-refractivity contribution in [2.45, 2.75) is 20.4 Å². The molecule has 0 aliphatic heterocycles. The smallest absolute Gasteiger partial charge is 0.381 e. The number of esters is 1. The van der Waals surface area contributed by atoms with Gasteiger partial charge in [0.25, 0.3) is 0 Å². The SMILES string of the molecule is CCOC(=O)Cn1cc([N+](=O)[O-])nc1C. The highest BCUT2D eigenvalue weighted by Crippen LogP contribution is 2.10. The van der Waals surface area contributed by atoms with Gasteiger partial charge in [0, 0.05) is 6.92 Å². The first-order valence-corrected chi connectivity index (χ1v) is 4.38. The van der Waals surface area contributed by atoms with Crippen LogP contribution >= 0.6 is 0 Å². The Balaban J connectivity index is 2.77. The molecule has 0 fully saturated rings. The fraction of sp³-hybridized carbons (Fsp3) is 0.500. The molecule has 1 aromatic heterocycles. The highest BCUT2D eigenvalue weighted by Gasteiger charge is 2.16. The van der Waals surface area contributed by atoms with Crippen molar-refractivity contribution < 1.29 is 14.5 Å². The molecule has 0 radical (unpaired) electrons. The lowest BCUT2D eigenvalue weighted by Crippen LogP contribution is -2.13. The Morgan fingerprint density at radius 2 is 2.40 bits per heavy atom. The molecule has 1 aromatic rings. The van der Waals surface area contributed by atoms with E-state index in [0.29, 0.717) is 5.82 Å². The van der Waals surface area contributed by atoms with Gasteiger partial charge in [-0.25, -0.2) is 0 Å². The van der Waals surface area contributed by atoms with Crippen LogP contribution in [0.4, 0.5) is 5.82 Å². The topological polar surface area (TPSA) is 87.3 Å². The molecule has 0 amide bonds. The minimum Gasteiger partial charge on any atom is -0.465 e. The Bertz CT molecular complexity index is 385. The van der Waals surface area contributed by atoms with Gasteiger partial charge in [-0.1, -0.05) is 0 Å². The van der Waals surface area contributed by atoms with Crippen LogP contribution in [-0.4, -0.2) is 27.1 Å². The second-order valence-corrected chi connectivity index (χ2v) is 2.84. The number of hydrogen-bond acceptors (Lipinski definition) is 5. The Kier molecular flexibility index (Phi) is 3.37. The van der Waals surface area contributed by atoms with Crippen molar-refractivity contribution in [3.05, 3.63) is 22.1 Å². The first-order chi connectivity index (χ1) is 7.04. The van der Waals surface area contributed by atoms with Crippen LogP contribution < -0.4 is 0 Å². The number of rotatable bonds is 4. The summed E-state index contributed by atoms with van der Waals surface area (Å²) in [5.74, 6) is -0.292. The predicted octanol–water partition coefficient (Wildman–Crippen LogP) is 0.663. The van der Waals surface area contributed by atoms with Crippen LogP contribution in [0.2, 0.25) is 0 Å². The molecule has 0 bridgehead atoms. The summed E-state index contributed by atoms with van der Waals surface area (Å²) in [4.78, 5) is 24.6. The van der Waals surface area contributed by atoms with Gasteiger partial charge in [-0.15, -0.1) is 0 Å². The van der Waals surface area contributed by atoms with Crippen molar-refractivity contribution in [3.63, 3.8) is 0 Å². The number of aromatic nitrogens is 2. The Labute approximate surface area is 85.8 Å². The first-order valence-electron chi connectivity index (χ1n) is 4.38. The summed E-state index contributed by atoms with van der Waals surface area (Å²) in [6.07, 6.45) is 1.21. The van der Waals surface area contributed by atoms with Crippen LogP contribution in [-0.2, 0) is 16.1 Å². The van der Waals surface area contributed by atoms with Crippen LogP contribution in [0.15, 0.2) is 6.20 Å². The molecule has 1 heterocycles. The molecule has 82 valence electrons. The van der Waals surface area contributed by atoms with E-state index in [1.54, 1.807) is 13.8 Å². The second kappa shape index (κ2) is 4.54. The highest BCUT2D eigenvalue weighted by atomic mass is 16.6. The van der Waals surface area contributed by atoms with Gasteiger partial charge >= 0.3 is 11.8 Å². The highest BCUT2D eigenvalue weighted by molar-refractivity contribution is 5.69. The van der Waals surface area contributed by atoms with Gasteiger partial charge in [0.15, 0.2) is 0 Å². The van der Waals surface area contributed by atoms with E-state index in [1.165, 1.54) is 10.8 Å². The molecule has 0 saturated carbocycles. The number of ether oxygens (including phenoxy) is 1. The summed E-state index contributed by atoms with van der Waals surface area (Å²) >= 11 is 0. The Morgan fingerprint density at radius 1 is 1.73 bits per heavy atom. The number of imidazole rings is 1. The minimum absolute atomic E-state index is 0.0550. The van der Waals surface area contributed by atoms with Gasteiger partial charge in [0.2, 0.25) is 5.82 Å². The number of hydrogen-bond donors (Lipinski definition) is 0. The standard InChI is InChI=1S/C8H11N3O4/c1-3-15-8(12)5-10-4-7(11(13)14)9-6(10)2/h4H,3,5H2,1-2H3. The predicted molar refractivity (Wildman–Crippen MR) is 50.3 cm³/mol. The van der Waals surface area contributed by atoms with Gasteiger partial charge in [-0.3, -0.25) is 9.36 Å². The lowest BCUT2D eigenvalue weighted by Gasteiger charge is -2.01. The number of nitro groups is 1. The van der Waals surface area contributed by atoms with E-state index in [9.17, 15) is 14.9 Å². The summed E-state index contributed by atoms with van der Waals surface area (Å²) in [7, 11) is 0. The van der Waals surface area contributed by atoms with Gasteiger partial charge < -0.3 is 14.9 Å². The number of carbonyl (C=O) groups excluding carboxylic acids is 1. The van der Waals surface area contributed by atoms with E-state index in [0.717, 1.165) is 0 Å². The van der Waals surface area contributed by atoms with Crippen molar-refractivity contribution in [1.29, 1.82) is 0 Å². The van der Waals surface area contributed by atoms with E-state index in [4.69, 9.17) is 4.74 Å². The maximum absolute atomic E-state index is 11.1. The lowest BCUT2D eigenvalue weighted by atomic mass is 10.6. The zero-order chi connectivity index (χ0) is 11.4. The number of nitrogens with zero attached hydrogens (tertiary/aromatic N) is 3. The zero-order valence-corrected chi connectivity index (χ0v) is 8.47. The first kappa shape index (κ1) is 11.2. The fourth-order valence-electron chi connectivity index (χ4n) is 1.09. The molecule has 15 heavy (non-hydrogen) atoms. The molecule has 7 heteroatoms. The Hall–Kier alpha value is -1.92.